The maximum absolute atomic E-state index is 6.28. The molecular formula is C17H18ClNO. The summed E-state index contributed by atoms with van der Waals surface area (Å²) in [5.74, 6) is 0.845. The lowest BCUT2D eigenvalue weighted by Gasteiger charge is -2.31. The minimum Gasteiger partial charge on any atom is -0.485 e. The van der Waals surface area contributed by atoms with E-state index in [9.17, 15) is 0 Å². The Morgan fingerprint density at radius 2 is 1.90 bits per heavy atom. The van der Waals surface area contributed by atoms with E-state index in [0.29, 0.717) is 5.02 Å². The number of nitrogens with two attached hydrogens (primary N) is 1. The Labute approximate surface area is 124 Å². The van der Waals surface area contributed by atoms with E-state index in [2.05, 4.69) is 32.0 Å². The minimum atomic E-state index is -0.0387. The molecule has 2 atom stereocenters. The fourth-order valence-electron chi connectivity index (χ4n) is 2.85. The fraction of sp³-hybridized carbons (Fsp3) is 0.294. The van der Waals surface area contributed by atoms with Crippen molar-refractivity contribution in [3.8, 4) is 5.75 Å². The summed E-state index contributed by atoms with van der Waals surface area (Å²) in [5, 5.41) is 0.702. The van der Waals surface area contributed by atoms with Crippen LogP contribution in [0.15, 0.2) is 36.4 Å². The summed E-state index contributed by atoms with van der Waals surface area (Å²) in [6.07, 6.45) is 0.788. The zero-order valence-corrected chi connectivity index (χ0v) is 12.4. The third kappa shape index (κ3) is 2.41. The second-order valence-corrected chi connectivity index (χ2v) is 5.93. The summed E-state index contributed by atoms with van der Waals surface area (Å²) in [6.45, 7) is 4.22. The van der Waals surface area contributed by atoms with Gasteiger partial charge in [0.1, 0.15) is 11.9 Å². The highest BCUT2D eigenvalue weighted by Crippen LogP contribution is 2.41. The van der Waals surface area contributed by atoms with Gasteiger partial charge in [0.15, 0.2) is 0 Å². The van der Waals surface area contributed by atoms with E-state index in [-0.39, 0.29) is 12.1 Å². The lowest BCUT2D eigenvalue weighted by molar-refractivity contribution is 0.161. The molecule has 1 aliphatic heterocycles. The third-order valence-electron chi connectivity index (χ3n) is 3.88. The van der Waals surface area contributed by atoms with Crippen molar-refractivity contribution in [3.05, 3.63) is 63.7 Å². The van der Waals surface area contributed by atoms with Gasteiger partial charge in [0, 0.05) is 23.0 Å². The molecule has 2 unspecified atom stereocenters. The van der Waals surface area contributed by atoms with Gasteiger partial charge in [0.2, 0.25) is 0 Å². The lowest BCUT2D eigenvalue weighted by atomic mass is 9.91. The van der Waals surface area contributed by atoms with Gasteiger partial charge in [-0.15, -0.1) is 0 Å². The third-order valence-corrected chi connectivity index (χ3v) is 4.12. The molecule has 2 N–H and O–H groups in total. The van der Waals surface area contributed by atoms with E-state index in [0.717, 1.165) is 17.7 Å². The van der Waals surface area contributed by atoms with E-state index in [1.54, 1.807) is 0 Å². The number of benzene rings is 2. The molecule has 0 radical (unpaired) electrons. The smallest absolute Gasteiger partial charge is 0.126 e. The van der Waals surface area contributed by atoms with Gasteiger partial charge >= 0.3 is 0 Å². The Bertz CT molecular complexity index is 653. The molecule has 104 valence electrons. The zero-order valence-electron chi connectivity index (χ0n) is 11.7. The molecule has 0 saturated heterocycles. The van der Waals surface area contributed by atoms with Crippen molar-refractivity contribution < 1.29 is 4.74 Å². The summed E-state index contributed by atoms with van der Waals surface area (Å²) < 4.78 is 6.13. The maximum Gasteiger partial charge on any atom is 0.126 e. The molecule has 0 aromatic heterocycles. The van der Waals surface area contributed by atoms with Crippen molar-refractivity contribution >= 4 is 11.6 Å². The molecule has 0 spiro atoms. The van der Waals surface area contributed by atoms with E-state index in [1.807, 2.05) is 18.2 Å². The highest BCUT2D eigenvalue weighted by atomic mass is 35.5. The lowest BCUT2D eigenvalue weighted by Crippen LogP contribution is -2.24. The standard InChI is InChI=1S/C17H18ClNO/c1-10-3-5-13(11(2)7-10)17-9-15(19)14-8-12(18)4-6-16(14)20-17/h3-8,15,17H,9,19H2,1-2H3. The summed E-state index contributed by atoms with van der Waals surface area (Å²) in [6, 6.07) is 12.1. The second kappa shape index (κ2) is 5.12. The van der Waals surface area contributed by atoms with Crippen LogP contribution < -0.4 is 10.5 Å². The van der Waals surface area contributed by atoms with Crippen LogP contribution in [-0.4, -0.2) is 0 Å². The Hall–Kier alpha value is -1.51. The highest BCUT2D eigenvalue weighted by molar-refractivity contribution is 6.30. The largest absolute Gasteiger partial charge is 0.485 e. The van der Waals surface area contributed by atoms with Crippen LogP contribution in [0.1, 0.15) is 40.8 Å². The second-order valence-electron chi connectivity index (χ2n) is 5.49. The van der Waals surface area contributed by atoms with Crippen LogP contribution in [0.4, 0.5) is 0 Å². The molecule has 20 heavy (non-hydrogen) atoms. The number of fused-ring (bicyclic) bond motifs is 1. The van der Waals surface area contributed by atoms with Crippen LogP contribution in [-0.2, 0) is 0 Å². The molecule has 3 rings (SSSR count). The SMILES string of the molecule is Cc1ccc(C2CC(N)c3cc(Cl)ccc3O2)c(C)c1. The normalized spacial score (nSPS) is 21.2. The molecule has 0 amide bonds. The van der Waals surface area contributed by atoms with Crippen LogP contribution >= 0.6 is 11.6 Å². The van der Waals surface area contributed by atoms with Crippen molar-refractivity contribution in [1.82, 2.24) is 0 Å². The van der Waals surface area contributed by atoms with Gasteiger partial charge in [-0.05, 0) is 43.2 Å². The van der Waals surface area contributed by atoms with Crippen molar-refractivity contribution in [3.63, 3.8) is 0 Å². The van der Waals surface area contributed by atoms with Gasteiger partial charge in [0.25, 0.3) is 0 Å². The molecule has 2 aromatic carbocycles. The van der Waals surface area contributed by atoms with Crippen LogP contribution in [0.25, 0.3) is 0 Å². The summed E-state index contributed by atoms with van der Waals surface area (Å²) >= 11 is 6.03. The van der Waals surface area contributed by atoms with Crippen LogP contribution in [0, 0.1) is 13.8 Å². The van der Waals surface area contributed by atoms with Gasteiger partial charge in [-0.2, -0.15) is 0 Å². The number of ether oxygens (including phenoxy) is 1. The maximum atomic E-state index is 6.28. The Kier molecular flexibility index (Phi) is 3.45. The minimum absolute atomic E-state index is 0.0132. The van der Waals surface area contributed by atoms with E-state index in [4.69, 9.17) is 22.1 Å². The predicted molar refractivity (Wildman–Crippen MR) is 82.3 cm³/mol. The number of hydrogen-bond acceptors (Lipinski definition) is 2. The molecular weight excluding hydrogens is 270 g/mol. The molecule has 2 aromatic rings. The molecule has 0 fully saturated rings. The number of rotatable bonds is 1. The molecule has 0 aliphatic carbocycles. The van der Waals surface area contributed by atoms with Gasteiger partial charge in [0.05, 0.1) is 0 Å². The molecule has 1 heterocycles. The monoisotopic (exact) mass is 287 g/mol. The van der Waals surface area contributed by atoms with Crippen molar-refractivity contribution in [2.45, 2.75) is 32.4 Å². The Balaban J connectivity index is 1.97. The average molecular weight is 288 g/mol. The topological polar surface area (TPSA) is 35.2 Å². The average Bonchev–Trinajstić information content (AvgIpc) is 2.39. The molecule has 0 saturated carbocycles. The quantitative estimate of drug-likeness (QED) is 0.839. The van der Waals surface area contributed by atoms with Crippen LogP contribution in [0.2, 0.25) is 5.02 Å². The Morgan fingerprint density at radius 3 is 2.65 bits per heavy atom. The zero-order chi connectivity index (χ0) is 14.3. The first kappa shape index (κ1) is 13.5. The first-order valence-corrected chi connectivity index (χ1v) is 7.21. The molecule has 3 heteroatoms. The van der Waals surface area contributed by atoms with Crippen LogP contribution in [0.5, 0.6) is 5.75 Å². The number of hydrogen-bond donors (Lipinski definition) is 1. The van der Waals surface area contributed by atoms with Crippen molar-refractivity contribution in [1.29, 1.82) is 0 Å². The first-order chi connectivity index (χ1) is 9.54. The summed E-state index contributed by atoms with van der Waals surface area (Å²) in [4.78, 5) is 0. The van der Waals surface area contributed by atoms with Crippen LogP contribution in [0.3, 0.4) is 0 Å². The molecule has 2 nitrogen and oxygen atoms in total. The number of aryl methyl sites for hydroxylation is 2. The summed E-state index contributed by atoms with van der Waals surface area (Å²) in [5.41, 5.74) is 11.0. The fourth-order valence-corrected chi connectivity index (χ4v) is 3.03. The van der Waals surface area contributed by atoms with Gasteiger partial charge in [-0.25, -0.2) is 0 Å². The highest BCUT2D eigenvalue weighted by Gasteiger charge is 2.28. The van der Waals surface area contributed by atoms with Crippen molar-refractivity contribution in [2.24, 2.45) is 5.73 Å². The number of halogens is 1. The summed E-state index contributed by atoms with van der Waals surface area (Å²) in [7, 11) is 0. The van der Waals surface area contributed by atoms with Crippen molar-refractivity contribution in [2.75, 3.05) is 0 Å². The van der Waals surface area contributed by atoms with Gasteiger partial charge in [-0.1, -0.05) is 35.4 Å². The van der Waals surface area contributed by atoms with E-state index >= 15 is 0 Å². The molecule has 1 aliphatic rings. The Morgan fingerprint density at radius 1 is 1.10 bits per heavy atom. The first-order valence-electron chi connectivity index (χ1n) is 6.83. The predicted octanol–water partition coefficient (Wildman–Crippen LogP) is 4.48. The van der Waals surface area contributed by atoms with Gasteiger partial charge < -0.3 is 10.5 Å². The van der Waals surface area contributed by atoms with Gasteiger partial charge in [-0.3, -0.25) is 0 Å². The van der Waals surface area contributed by atoms with E-state index < -0.39 is 0 Å². The molecule has 0 bridgehead atoms. The van der Waals surface area contributed by atoms with E-state index in [1.165, 1.54) is 16.7 Å².